The monoisotopic (exact) mass is 318 g/mol. The zero-order valence-electron chi connectivity index (χ0n) is 14.6. The van der Waals surface area contributed by atoms with Gasteiger partial charge in [0, 0.05) is 26.6 Å². The highest BCUT2D eigenvalue weighted by Gasteiger charge is 2.31. The summed E-state index contributed by atoms with van der Waals surface area (Å²) in [6.45, 7) is 5.06. The van der Waals surface area contributed by atoms with Crippen molar-refractivity contribution >= 4 is 5.96 Å². The number of hydrogen-bond acceptors (Lipinski definition) is 3. The van der Waals surface area contributed by atoms with Gasteiger partial charge in [0.15, 0.2) is 11.8 Å². The number of aryl methyl sites for hydroxylation is 1. The van der Waals surface area contributed by atoms with Crippen LogP contribution in [0, 0.1) is 5.41 Å². The van der Waals surface area contributed by atoms with Gasteiger partial charge in [-0.3, -0.25) is 4.99 Å². The second-order valence-electron chi connectivity index (χ2n) is 6.98. The molecule has 23 heavy (non-hydrogen) atoms. The van der Waals surface area contributed by atoms with Gasteiger partial charge >= 0.3 is 0 Å². The SMILES string of the molecule is CCC1(CNC(=NC)NCc2nnc3n2CCCC3)CCCC1. The zero-order chi connectivity index (χ0) is 16.1. The fraction of sp³-hybridized carbons (Fsp3) is 0.824. The van der Waals surface area contributed by atoms with E-state index in [4.69, 9.17) is 0 Å². The molecule has 1 saturated carbocycles. The highest BCUT2D eigenvalue weighted by atomic mass is 15.3. The van der Waals surface area contributed by atoms with Gasteiger partial charge in [-0.2, -0.15) is 0 Å². The molecule has 0 atom stereocenters. The Morgan fingerprint density at radius 2 is 2.00 bits per heavy atom. The summed E-state index contributed by atoms with van der Waals surface area (Å²) < 4.78 is 2.26. The van der Waals surface area contributed by atoms with Crippen LogP contribution in [0.4, 0.5) is 0 Å². The number of aliphatic imine (C=N–C) groups is 1. The molecule has 0 bridgehead atoms. The maximum atomic E-state index is 4.36. The van der Waals surface area contributed by atoms with Crippen LogP contribution < -0.4 is 10.6 Å². The molecule has 0 saturated heterocycles. The van der Waals surface area contributed by atoms with E-state index >= 15 is 0 Å². The molecule has 0 unspecified atom stereocenters. The summed E-state index contributed by atoms with van der Waals surface area (Å²) in [7, 11) is 1.84. The van der Waals surface area contributed by atoms with Crippen LogP contribution in [0.3, 0.4) is 0 Å². The molecule has 3 rings (SSSR count). The predicted octanol–water partition coefficient (Wildman–Crippen LogP) is 2.25. The third kappa shape index (κ3) is 3.67. The minimum absolute atomic E-state index is 0.464. The molecular formula is C17H30N6. The van der Waals surface area contributed by atoms with Crippen molar-refractivity contribution in [3.63, 3.8) is 0 Å². The van der Waals surface area contributed by atoms with Crippen LogP contribution in [-0.2, 0) is 19.5 Å². The van der Waals surface area contributed by atoms with Gasteiger partial charge in [0.25, 0.3) is 0 Å². The van der Waals surface area contributed by atoms with Crippen molar-refractivity contribution in [3.8, 4) is 0 Å². The first-order valence-corrected chi connectivity index (χ1v) is 9.12. The van der Waals surface area contributed by atoms with E-state index in [0.717, 1.165) is 37.1 Å². The predicted molar refractivity (Wildman–Crippen MR) is 92.4 cm³/mol. The molecule has 2 N–H and O–H groups in total. The molecule has 2 aliphatic rings. The van der Waals surface area contributed by atoms with Crippen molar-refractivity contribution in [1.29, 1.82) is 0 Å². The van der Waals surface area contributed by atoms with Crippen molar-refractivity contribution in [1.82, 2.24) is 25.4 Å². The highest BCUT2D eigenvalue weighted by molar-refractivity contribution is 5.79. The maximum absolute atomic E-state index is 4.36. The number of nitrogens with one attached hydrogen (secondary N) is 2. The summed E-state index contributed by atoms with van der Waals surface area (Å²) in [4.78, 5) is 4.36. The smallest absolute Gasteiger partial charge is 0.191 e. The van der Waals surface area contributed by atoms with Crippen LogP contribution in [0.1, 0.15) is 63.5 Å². The average Bonchev–Trinajstić information content (AvgIpc) is 3.23. The Kier molecular flexibility index (Phi) is 5.18. The minimum atomic E-state index is 0.464. The first-order valence-electron chi connectivity index (χ1n) is 9.12. The Labute approximate surface area is 139 Å². The third-order valence-electron chi connectivity index (χ3n) is 5.62. The zero-order valence-corrected chi connectivity index (χ0v) is 14.6. The number of fused-ring (bicyclic) bond motifs is 1. The molecule has 1 aliphatic heterocycles. The van der Waals surface area contributed by atoms with Crippen LogP contribution in [-0.4, -0.2) is 34.3 Å². The summed E-state index contributed by atoms with van der Waals surface area (Å²) in [5.41, 5.74) is 0.464. The normalized spacial score (nSPS) is 20.3. The lowest BCUT2D eigenvalue weighted by Gasteiger charge is -2.28. The summed E-state index contributed by atoms with van der Waals surface area (Å²) in [5.74, 6) is 3.03. The van der Waals surface area contributed by atoms with Gasteiger partial charge in [-0.25, -0.2) is 0 Å². The summed E-state index contributed by atoms with van der Waals surface area (Å²) in [5, 5.41) is 15.6. The van der Waals surface area contributed by atoms with E-state index in [1.165, 1.54) is 44.9 Å². The molecule has 0 aromatic carbocycles. The second-order valence-corrected chi connectivity index (χ2v) is 6.98. The van der Waals surface area contributed by atoms with Crippen LogP contribution in [0.15, 0.2) is 4.99 Å². The molecule has 1 aromatic rings. The van der Waals surface area contributed by atoms with Crippen molar-refractivity contribution in [3.05, 3.63) is 11.6 Å². The van der Waals surface area contributed by atoms with E-state index in [0.29, 0.717) is 12.0 Å². The molecule has 128 valence electrons. The van der Waals surface area contributed by atoms with Crippen LogP contribution in [0.25, 0.3) is 0 Å². The van der Waals surface area contributed by atoms with Crippen molar-refractivity contribution in [2.24, 2.45) is 10.4 Å². The fourth-order valence-corrected chi connectivity index (χ4v) is 3.93. The summed E-state index contributed by atoms with van der Waals surface area (Å²) in [6.07, 6.45) is 10.2. The first-order chi connectivity index (χ1) is 11.3. The number of nitrogens with zero attached hydrogens (tertiary/aromatic N) is 4. The number of aromatic nitrogens is 3. The lowest BCUT2D eigenvalue weighted by atomic mass is 9.83. The van der Waals surface area contributed by atoms with Gasteiger partial charge < -0.3 is 15.2 Å². The Bertz CT molecular complexity index is 541. The molecule has 6 heteroatoms. The van der Waals surface area contributed by atoms with Gasteiger partial charge in [-0.15, -0.1) is 10.2 Å². The number of hydrogen-bond donors (Lipinski definition) is 2. The fourth-order valence-electron chi connectivity index (χ4n) is 3.93. The largest absolute Gasteiger partial charge is 0.356 e. The highest BCUT2D eigenvalue weighted by Crippen LogP contribution is 2.40. The lowest BCUT2D eigenvalue weighted by molar-refractivity contribution is 0.283. The lowest BCUT2D eigenvalue weighted by Crippen LogP contribution is -2.42. The van der Waals surface area contributed by atoms with Crippen molar-refractivity contribution in [2.45, 2.75) is 71.4 Å². The van der Waals surface area contributed by atoms with Gasteiger partial charge in [0.1, 0.15) is 5.82 Å². The van der Waals surface area contributed by atoms with Crippen molar-refractivity contribution in [2.75, 3.05) is 13.6 Å². The second kappa shape index (κ2) is 7.32. The Hall–Kier alpha value is -1.59. The van der Waals surface area contributed by atoms with Crippen LogP contribution >= 0.6 is 0 Å². The summed E-state index contributed by atoms with van der Waals surface area (Å²) in [6, 6.07) is 0. The van der Waals surface area contributed by atoms with Gasteiger partial charge in [-0.05, 0) is 37.5 Å². The van der Waals surface area contributed by atoms with Crippen molar-refractivity contribution < 1.29 is 0 Å². The van der Waals surface area contributed by atoms with E-state index in [-0.39, 0.29) is 0 Å². The quantitative estimate of drug-likeness (QED) is 0.645. The van der Waals surface area contributed by atoms with Gasteiger partial charge in [-0.1, -0.05) is 19.8 Å². The first kappa shape index (κ1) is 16.3. The molecule has 0 spiro atoms. The molecule has 6 nitrogen and oxygen atoms in total. The molecule has 0 amide bonds. The minimum Gasteiger partial charge on any atom is -0.356 e. The van der Waals surface area contributed by atoms with E-state index in [2.05, 4.69) is 37.3 Å². The van der Waals surface area contributed by atoms with E-state index < -0.39 is 0 Å². The van der Waals surface area contributed by atoms with E-state index in [9.17, 15) is 0 Å². The maximum Gasteiger partial charge on any atom is 0.191 e. The summed E-state index contributed by atoms with van der Waals surface area (Å²) >= 11 is 0. The van der Waals surface area contributed by atoms with Gasteiger partial charge in [0.05, 0.1) is 6.54 Å². The topological polar surface area (TPSA) is 67.1 Å². The molecule has 1 aromatic heterocycles. The Morgan fingerprint density at radius 3 is 2.74 bits per heavy atom. The Morgan fingerprint density at radius 1 is 1.17 bits per heavy atom. The van der Waals surface area contributed by atoms with E-state index in [1.54, 1.807) is 0 Å². The molecule has 0 radical (unpaired) electrons. The van der Waals surface area contributed by atoms with Crippen LogP contribution in [0.2, 0.25) is 0 Å². The third-order valence-corrected chi connectivity index (χ3v) is 5.62. The molecule has 2 heterocycles. The molecule has 1 fully saturated rings. The standard InChI is InChI=1S/C17H30N6/c1-3-17(9-5-6-10-17)13-20-16(18-2)19-12-15-22-21-14-8-4-7-11-23(14)15/h3-13H2,1-2H3,(H2,18,19,20). The molecule has 1 aliphatic carbocycles. The average molecular weight is 318 g/mol. The molecular weight excluding hydrogens is 288 g/mol. The number of guanidine groups is 1. The number of rotatable bonds is 5. The van der Waals surface area contributed by atoms with Crippen LogP contribution in [0.5, 0.6) is 0 Å². The van der Waals surface area contributed by atoms with Gasteiger partial charge in [0.2, 0.25) is 0 Å². The van der Waals surface area contributed by atoms with E-state index in [1.807, 2.05) is 7.05 Å². The Balaban J connectivity index is 1.53.